The van der Waals surface area contributed by atoms with Crippen molar-refractivity contribution in [2.24, 2.45) is 0 Å². The Morgan fingerprint density at radius 1 is 0.523 bits per heavy atom. The van der Waals surface area contributed by atoms with Crippen molar-refractivity contribution in [3.8, 4) is 22.5 Å². The maximum Gasteiger partial charge on any atom is 0.345 e. The van der Waals surface area contributed by atoms with Gasteiger partial charge in [-0.25, -0.2) is 14.6 Å². The van der Waals surface area contributed by atoms with E-state index in [-0.39, 0.29) is 22.0 Å². The molecule has 0 fully saturated rings. The van der Waals surface area contributed by atoms with Crippen molar-refractivity contribution in [1.29, 1.82) is 0 Å². The second kappa shape index (κ2) is 9.71. The number of fused-ring (bicyclic) bond motifs is 6. The van der Waals surface area contributed by atoms with Crippen LogP contribution in [0.4, 0.5) is 0 Å². The van der Waals surface area contributed by atoms with Crippen molar-refractivity contribution < 1.29 is 8.83 Å². The van der Waals surface area contributed by atoms with Crippen molar-refractivity contribution in [2.75, 3.05) is 0 Å². The fourth-order valence-corrected chi connectivity index (χ4v) is 5.78. The molecule has 0 amide bonds. The van der Waals surface area contributed by atoms with Crippen LogP contribution in [0.3, 0.4) is 0 Å². The Hall–Kier alpha value is -5.10. The lowest BCUT2D eigenvalue weighted by molar-refractivity contribution is 0.563. The zero-order valence-electron chi connectivity index (χ0n) is 25.6. The van der Waals surface area contributed by atoms with Gasteiger partial charge in [0.05, 0.1) is 34.9 Å². The molecular formula is C38H32N2O4. The molecule has 7 aromatic rings. The number of benzene rings is 4. The predicted molar refractivity (Wildman–Crippen MR) is 177 cm³/mol. The zero-order valence-corrected chi connectivity index (χ0v) is 25.6. The molecule has 7 rings (SSSR count). The summed E-state index contributed by atoms with van der Waals surface area (Å²) in [5.74, 6) is 0. The van der Waals surface area contributed by atoms with Gasteiger partial charge in [0.25, 0.3) is 0 Å². The molecule has 0 bridgehead atoms. The van der Waals surface area contributed by atoms with Gasteiger partial charge in [0, 0.05) is 10.8 Å². The molecule has 0 aliphatic heterocycles. The minimum absolute atomic E-state index is 0.00467. The highest BCUT2D eigenvalue weighted by molar-refractivity contribution is 6.07. The van der Waals surface area contributed by atoms with E-state index in [1.807, 2.05) is 24.3 Å². The molecule has 6 nitrogen and oxygen atoms in total. The van der Waals surface area contributed by atoms with E-state index >= 15 is 0 Å². The molecule has 0 radical (unpaired) electrons. The summed E-state index contributed by atoms with van der Waals surface area (Å²) >= 11 is 0. The lowest BCUT2D eigenvalue weighted by Gasteiger charge is -2.19. The topological polar surface area (TPSA) is 86.2 Å². The van der Waals surface area contributed by atoms with E-state index in [1.54, 1.807) is 12.1 Å². The lowest BCUT2D eigenvalue weighted by Crippen LogP contribution is -2.10. The Morgan fingerprint density at radius 2 is 0.955 bits per heavy atom. The zero-order chi connectivity index (χ0) is 31.0. The average Bonchev–Trinajstić information content (AvgIpc) is 2.98. The van der Waals surface area contributed by atoms with Crippen LogP contribution in [0, 0.1) is 0 Å². The van der Waals surface area contributed by atoms with Gasteiger partial charge in [-0.15, -0.1) is 0 Å². The Kier molecular flexibility index (Phi) is 6.12. The maximum atomic E-state index is 13.2. The third-order valence-electron chi connectivity index (χ3n) is 8.38. The summed E-state index contributed by atoms with van der Waals surface area (Å²) in [6.07, 6.45) is 3.02. The highest BCUT2D eigenvalue weighted by atomic mass is 16.4. The summed E-state index contributed by atoms with van der Waals surface area (Å²) in [6.45, 7) is 13.1. The van der Waals surface area contributed by atoms with Gasteiger partial charge in [0.2, 0.25) is 0 Å². The van der Waals surface area contributed by atoms with E-state index in [0.29, 0.717) is 22.6 Å². The number of rotatable bonds is 2. The Balaban J connectivity index is 1.37. The van der Waals surface area contributed by atoms with Crippen molar-refractivity contribution in [3.05, 3.63) is 117 Å². The molecule has 6 heteroatoms. The summed E-state index contributed by atoms with van der Waals surface area (Å²) < 4.78 is 11.5. The highest BCUT2D eigenvalue weighted by Crippen LogP contribution is 2.33. The Morgan fingerprint density at radius 3 is 1.36 bits per heavy atom. The summed E-state index contributed by atoms with van der Waals surface area (Å²) in [7, 11) is 0. The standard InChI is InChI=1S/C38H32N2O4/c1-37(2,3)23-9-11-25-21(15-23)7-13-33-27(25)17-29(35(41)43-33)31-19-39-20-32(40-31)30-18-28-26-12-10-24(38(4,5)6)16-22(26)8-14-34(28)44-36(30)42/h7-20H,1-6H3. The molecule has 0 saturated heterocycles. The summed E-state index contributed by atoms with van der Waals surface area (Å²) in [5, 5.41) is 5.66. The number of nitrogens with zero attached hydrogens (tertiary/aromatic N) is 2. The molecule has 3 aromatic heterocycles. The van der Waals surface area contributed by atoms with Gasteiger partial charge in [0.1, 0.15) is 11.2 Å². The minimum Gasteiger partial charge on any atom is -0.422 e. The fourth-order valence-electron chi connectivity index (χ4n) is 5.78. The Labute approximate surface area is 254 Å². The Bertz CT molecular complexity index is 2240. The normalized spacial score (nSPS) is 12.5. The van der Waals surface area contributed by atoms with Gasteiger partial charge in [-0.2, -0.15) is 0 Å². The van der Waals surface area contributed by atoms with Crippen LogP contribution >= 0.6 is 0 Å². The summed E-state index contributed by atoms with van der Waals surface area (Å²) in [5.41, 5.74) is 3.55. The molecule has 0 spiro atoms. The molecule has 0 atom stereocenters. The average molecular weight is 581 g/mol. The van der Waals surface area contributed by atoms with Gasteiger partial charge < -0.3 is 8.83 Å². The molecule has 0 saturated carbocycles. The molecule has 3 heterocycles. The van der Waals surface area contributed by atoms with Crippen LogP contribution < -0.4 is 11.3 Å². The second-order valence-electron chi connectivity index (χ2n) is 13.5. The first kappa shape index (κ1) is 27.7. The van der Waals surface area contributed by atoms with E-state index in [2.05, 4.69) is 82.9 Å². The van der Waals surface area contributed by atoms with Crippen LogP contribution in [-0.2, 0) is 10.8 Å². The lowest BCUT2D eigenvalue weighted by atomic mass is 9.85. The van der Waals surface area contributed by atoms with Crippen LogP contribution in [-0.4, -0.2) is 9.97 Å². The summed E-state index contributed by atoms with van der Waals surface area (Å²) in [6, 6.07) is 23.9. The number of aromatic nitrogens is 2. The first-order valence-electron chi connectivity index (χ1n) is 14.7. The first-order valence-corrected chi connectivity index (χ1v) is 14.7. The van der Waals surface area contributed by atoms with Gasteiger partial charge in [-0.3, -0.25) is 4.98 Å². The molecule has 0 aliphatic rings. The largest absolute Gasteiger partial charge is 0.422 e. The van der Waals surface area contributed by atoms with Crippen LogP contribution in [0.15, 0.2) is 104 Å². The predicted octanol–water partition coefficient (Wildman–Crippen LogP) is 8.92. The summed E-state index contributed by atoms with van der Waals surface area (Å²) in [4.78, 5) is 35.4. The van der Waals surface area contributed by atoms with Gasteiger partial charge >= 0.3 is 11.3 Å². The maximum absolute atomic E-state index is 13.2. The number of hydrogen-bond acceptors (Lipinski definition) is 6. The molecule has 0 unspecified atom stereocenters. The van der Waals surface area contributed by atoms with Crippen LogP contribution in [0.2, 0.25) is 0 Å². The fraction of sp³-hybridized carbons (Fsp3) is 0.211. The molecule has 0 N–H and O–H groups in total. The van der Waals surface area contributed by atoms with Crippen molar-refractivity contribution in [1.82, 2.24) is 9.97 Å². The smallest absolute Gasteiger partial charge is 0.345 e. The van der Waals surface area contributed by atoms with Crippen LogP contribution in [0.1, 0.15) is 52.7 Å². The van der Waals surface area contributed by atoms with Gasteiger partial charge in [-0.05, 0) is 67.8 Å². The molecular weight excluding hydrogens is 548 g/mol. The molecule has 44 heavy (non-hydrogen) atoms. The van der Waals surface area contributed by atoms with Crippen molar-refractivity contribution in [2.45, 2.75) is 52.4 Å². The molecule has 218 valence electrons. The third-order valence-corrected chi connectivity index (χ3v) is 8.38. The molecule has 0 aliphatic carbocycles. The monoisotopic (exact) mass is 580 g/mol. The SMILES string of the molecule is CC(C)(C)c1ccc2c(ccc3oc(=O)c(-c4cncc(-c5cc6c(ccc7cc(C(C)(C)C)ccc76)oc5=O)n4)cc32)c1. The highest BCUT2D eigenvalue weighted by Gasteiger charge is 2.19. The van der Waals surface area contributed by atoms with Crippen LogP contribution in [0.25, 0.3) is 66.0 Å². The molecule has 4 aromatic carbocycles. The quantitative estimate of drug-likeness (QED) is 0.150. The number of hydrogen-bond donors (Lipinski definition) is 0. The van der Waals surface area contributed by atoms with E-state index in [0.717, 1.165) is 32.3 Å². The first-order chi connectivity index (χ1) is 20.9. The second-order valence-corrected chi connectivity index (χ2v) is 13.5. The van der Waals surface area contributed by atoms with E-state index in [4.69, 9.17) is 13.8 Å². The van der Waals surface area contributed by atoms with Crippen molar-refractivity contribution >= 4 is 43.5 Å². The minimum atomic E-state index is -0.527. The van der Waals surface area contributed by atoms with E-state index < -0.39 is 11.3 Å². The van der Waals surface area contributed by atoms with Gasteiger partial charge in [-0.1, -0.05) is 90.1 Å². The van der Waals surface area contributed by atoms with Crippen molar-refractivity contribution in [3.63, 3.8) is 0 Å². The van der Waals surface area contributed by atoms with Crippen LogP contribution in [0.5, 0.6) is 0 Å². The third kappa shape index (κ3) is 4.67. The van der Waals surface area contributed by atoms with E-state index in [1.165, 1.54) is 23.5 Å². The van der Waals surface area contributed by atoms with Gasteiger partial charge in [0.15, 0.2) is 0 Å². The van der Waals surface area contributed by atoms with E-state index in [9.17, 15) is 9.59 Å².